The number of hydrogen-bond donors (Lipinski definition) is 0. The molecule has 0 saturated carbocycles. The molecule has 0 bridgehead atoms. The van der Waals surface area contributed by atoms with Gasteiger partial charge in [0.05, 0.1) is 16.7 Å². The van der Waals surface area contributed by atoms with Crippen LogP contribution in [0.3, 0.4) is 0 Å². The minimum absolute atomic E-state index is 1.12. The summed E-state index contributed by atoms with van der Waals surface area (Å²) in [7, 11) is 0. The second-order valence-electron chi connectivity index (χ2n) is 14.6. The minimum Gasteiger partial charge on any atom is -0.310 e. The van der Waals surface area contributed by atoms with E-state index in [0.29, 0.717) is 0 Å². The lowest BCUT2D eigenvalue weighted by Gasteiger charge is -2.27. The summed E-state index contributed by atoms with van der Waals surface area (Å²) in [4.78, 5) is 2.34. The molecule has 2 nitrogen and oxygen atoms in total. The first kappa shape index (κ1) is 34.8. The van der Waals surface area contributed by atoms with Gasteiger partial charge in [-0.15, -0.1) is 0 Å². The molecule has 0 N–H and O–H groups in total. The predicted molar refractivity (Wildman–Crippen MR) is 249 cm³/mol. The molecule has 58 heavy (non-hydrogen) atoms. The fraction of sp³-hybridized carbons (Fsp3) is 0. The van der Waals surface area contributed by atoms with E-state index < -0.39 is 0 Å². The molecule has 0 radical (unpaired) electrons. The lowest BCUT2D eigenvalue weighted by atomic mass is 10.0. The summed E-state index contributed by atoms with van der Waals surface area (Å²) < 4.78 is 2.35. The average molecular weight is 741 g/mol. The lowest BCUT2D eigenvalue weighted by molar-refractivity contribution is 1.18. The van der Waals surface area contributed by atoms with Crippen molar-refractivity contribution in [1.82, 2.24) is 4.57 Å². The van der Waals surface area contributed by atoms with Crippen LogP contribution >= 0.6 is 0 Å². The van der Waals surface area contributed by atoms with E-state index in [1.165, 1.54) is 60.5 Å². The summed E-state index contributed by atoms with van der Waals surface area (Å²) in [5.74, 6) is 0. The largest absolute Gasteiger partial charge is 0.310 e. The summed E-state index contributed by atoms with van der Waals surface area (Å²) in [6.45, 7) is 0. The third kappa shape index (κ3) is 6.89. The second-order valence-corrected chi connectivity index (χ2v) is 14.6. The van der Waals surface area contributed by atoms with Gasteiger partial charge in [-0.2, -0.15) is 0 Å². The van der Waals surface area contributed by atoms with E-state index in [1.54, 1.807) is 0 Å². The number of hydrogen-bond acceptors (Lipinski definition) is 1. The molecule has 274 valence electrons. The van der Waals surface area contributed by atoms with Crippen molar-refractivity contribution in [2.75, 3.05) is 4.90 Å². The molecule has 0 amide bonds. The highest BCUT2D eigenvalue weighted by Gasteiger charge is 2.15. The van der Waals surface area contributed by atoms with Crippen LogP contribution in [0.4, 0.5) is 17.1 Å². The average Bonchev–Trinajstić information content (AvgIpc) is 3.63. The van der Waals surface area contributed by atoms with Crippen LogP contribution < -0.4 is 4.90 Å². The van der Waals surface area contributed by atoms with Crippen molar-refractivity contribution >= 4 is 73.9 Å². The summed E-state index contributed by atoms with van der Waals surface area (Å²) in [6, 6.07) is 78.1. The SMILES string of the molecule is C(=Cc1ccc(N(c2ccccc2)c2cccc3ccccc23)cc1)c1ccc(-c2ccc(/C=C/c3ccc4c(c3)c3ccccc3n4-c3ccccc3)cc2)cc1. The predicted octanol–water partition coefficient (Wildman–Crippen LogP) is 15.4. The van der Waals surface area contributed by atoms with Gasteiger partial charge < -0.3 is 9.47 Å². The number of para-hydroxylation sites is 3. The van der Waals surface area contributed by atoms with E-state index >= 15 is 0 Å². The molecule has 1 aromatic heterocycles. The van der Waals surface area contributed by atoms with Gasteiger partial charge in [-0.3, -0.25) is 0 Å². The van der Waals surface area contributed by atoms with Crippen molar-refractivity contribution in [3.05, 3.63) is 241 Å². The highest BCUT2D eigenvalue weighted by molar-refractivity contribution is 6.10. The van der Waals surface area contributed by atoms with Crippen LogP contribution in [0.2, 0.25) is 0 Å². The highest BCUT2D eigenvalue weighted by atomic mass is 15.1. The van der Waals surface area contributed by atoms with Gasteiger partial charge in [0.1, 0.15) is 0 Å². The van der Waals surface area contributed by atoms with Crippen LogP contribution in [0.1, 0.15) is 22.3 Å². The smallest absolute Gasteiger partial charge is 0.0541 e. The van der Waals surface area contributed by atoms with Crippen LogP contribution in [-0.2, 0) is 0 Å². The van der Waals surface area contributed by atoms with Gasteiger partial charge in [-0.1, -0.05) is 182 Å². The molecule has 10 rings (SSSR count). The molecule has 0 fully saturated rings. The van der Waals surface area contributed by atoms with E-state index in [1.807, 2.05) is 0 Å². The van der Waals surface area contributed by atoms with Crippen molar-refractivity contribution in [3.63, 3.8) is 0 Å². The van der Waals surface area contributed by atoms with Gasteiger partial charge in [-0.05, 0) is 99.4 Å². The number of fused-ring (bicyclic) bond motifs is 4. The first-order valence-corrected chi connectivity index (χ1v) is 19.8. The molecule has 0 aliphatic rings. The van der Waals surface area contributed by atoms with E-state index in [-0.39, 0.29) is 0 Å². The number of rotatable bonds is 9. The Labute approximate surface area is 339 Å². The zero-order valence-corrected chi connectivity index (χ0v) is 32.0. The zero-order valence-electron chi connectivity index (χ0n) is 32.0. The summed E-state index contributed by atoms with van der Waals surface area (Å²) >= 11 is 0. The molecule has 0 atom stereocenters. The number of nitrogens with zero attached hydrogens (tertiary/aromatic N) is 2. The van der Waals surface area contributed by atoms with E-state index in [2.05, 4.69) is 252 Å². The molecule has 1 heterocycles. The maximum atomic E-state index is 2.35. The molecule has 0 saturated heterocycles. The van der Waals surface area contributed by atoms with Gasteiger partial charge in [0.25, 0.3) is 0 Å². The summed E-state index contributed by atoms with van der Waals surface area (Å²) in [6.07, 6.45) is 8.78. The topological polar surface area (TPSA) is 8.17 Å². The van der Waals surface area contributed by atoms with Gasteiger partial charge >= 0.3 is 0 Å². The van der Waals surface area contributed by atoms with Crippen molar-refractivity contribution in [2.45, 2.75) is 0 Å². The number of anilines is 3. The molecule has 10 aromatic rings. The minimum atomic E-state index is 1.12. The first-order valence-electron chi connectivity index (χ1n) is 19.8. The third-order valence-corrected chi connectivity index (χ3v) is 11.0. The maximum Gasteiger partial charge on any atom is 0.0541 e. The van der Waals surface area contributed by atoms with Gasteiger partial charge in [0.2, 0.25) is 0 Å². The Morgan fingerprint density at radius 3 is 1.48 bits per heavy atom. The van der Waals surface area contributed by atoms with Crippen LogP contribution in [0.5, 0.6) is 0 Å². The Kier molecular flexibility index (Phi) is 9.27. The van der Waals surface area contributed by atoms with Gasteiger partial charge in [-0.25, -0.2) is 0 Å². The lowest BCUT2D eigenvalue weighted by Crippen LogP contribution is -2.10. The van der Waals surface area contributed by atoms with Gasteiger partial charge in [0.15, 0.2) is 0 Å². The fourth-order valence-electron chi connectivity index (χ4n) is 8.05. The normalized spacial score (nSPS) is 11.7. The Morgan fingerprint density at radius 1 is 0.328 bits per heavy atom. The Bertz CT molecular complexity index is 3060. The molecule has 2 heteroatoms. The monoisotopic (exact) mass is 740 g/mol. The van der Waals surface area contributed by atoms with Crippen molar-refractivity contribution in [2.24, 2.45) is 0 Å². The quantitative estimate of drug-likeness (QED) is 0.134. The Balaban J connectivity index is 0.831. The maximum absolute atomic E-state index is 2.35. The molecule has 0 unspecified atom stereocenters. The molecule has 0 aliphatic carbocycles. The number of aromatic nitrogens is 1. The van der Waals surface area contributed by atoms with Crippen molar-refractivity contribution < 1.29 is 0 Å². The van der Waals surface area contributed by atoms with Crippen molar-refractivity contribution in [1.29, 1.82) is 0 Å². The highest BCUT2D eigenvalue weighted by Crippen LogP contribution is 2.39. The van der Waals surface area contributed by atoms with Crippen LogP contribution in [-0.4, -0.2) is 4.57 Å². The summed E-state index contributed by atoms with van der Waals surface area (Å²) in [5, 5.41) is 4.98. The van der Waals surface area contributed by atoms with Gasteiger partial charge in [0, 0.05) is 33.2 Å². The second kappa shape index (κ2) is 15.5. The Morgan fingerprint density at radius 2 is 0.810 bits per heavy atom. The zero-order chi connectivity index (χ0) is 38.7. The molecular formula is C56H40N2. The molecule has 0 spiro atoms. The van der Waals surface area contributed by atoms with Crippen LogP contribution in [0.25, 0.3) is 73.7 Å². The number of benzene rings is 9. The standard InChI is InChI=1S/C56H40N2/c1-3-14-48(15-4-1)57(54-21-11-13-47-12-7-8-18-51(47)54)50-37-30-43(31-38-50)23-22-41-26-33-45(34-27-41)46-35-28-42(29-36-46)24-25-44-32-39-56-53(40-44)52-19-9-10-20-55(52)58(56)49-16-5-2-6-17-49/h1-40H/b23-22?,25-24+. The van der Waals surface area contributed by atoms with Crippen molar-refractivity contribution in [3.8, 4) is 16.8 Å². The molecule has 0 aliphatic heterocycles. The Hall–Kier alpha value is -7.68. The fourth-order valence-corrected chi connectivity index (χ4v) is 8.05. The third-order valence-electron chi connectivity index (χ3n) is 11.0. The van der Waals surface area contributed by atoms with E-state index in [0.717, 1.165) is 28.2 Å². The summed E-state index contributed by atoms with van der Waals surface area (Å²) in [5.41, 5.74) is 14.1. The first-order chi connectivity index (χ1) is 28.7. The molecule has 9 aromatic carbocycles. The molecular weight excluding hydrogens is 701 g/mol. The van der Waals surface area contributed by atoms with E-state index in [9.17, 15) is 0 Å². The van der Waals surface area contributed by atoms with Crippen LogP contribution in [0.15, 0.2) is 218 Å². The van der Waals surface area contributed by atoms with E-state index in [4.69, 9.17) is 0 Å². The van der Waals surface area contributed by atoms with Crippen LogP contribution in [0, 0.1) is 0 Å².